The molecule has 3 N–H and O–H groups in total. The van der Waals surface area contributed by atoms with Crippen molar-refractivity contribution in [1.29, 1.82) is 5.26 Å². The summed E-state index contributed by atoms with van der Waals surface area (Å²) in [5, 5.41) is 12.6. The van der Waals surface area contributed by atoms with Crippen molar-refractivity contribution in [3.05, 3.63) is 96.1 Å². The third-order valence-corrected chi connectivity index (χ3v) is 6.35. The maximum absolute atomic E-state index is 12.6. The van der Waals surface area contributed by atoms with E-state index < -0.39 is 0 Å². The highest BCUT2D eigenvalue weighted by atomic mass is 16.1. The first-order valence-corrected chi connectivity index (χ1v) is 12.0. The second-order valence-electron chi connectivity index (χ2n) is 8.80. The van der Waals surface area contributed by atoms with Gasteiger partial charge in [0.2, 0.25) is 0 Å². The molecule has 1 aliphatic heterocycles. The summed E-state index contributed by atoms with van der Waals surface area (Å²) in [5.74, 6) is 0.639. The lowest BCUT2D eigenvalue weighted by molar-refractivity contribution is 0.102. The first-order valence-electron chi connectivity index (χ1n) is 12.0. The lowest BCUT2D eigenvalue weighted by Crippen LogP contribution is -2.46. The molecule has 1 fully saturated rings. The number of nitriles is 1. The molecule has 3 heterocycles. The predicted octanol–water partition coefficient (Wildman–Crippen LogP) is 3.57. The molecule has 0 bridgehead atoms. The largest absolute Gasteiger partial charge is 0.397 e. The Morgan fingerprint density at radius 1 is 1.00 bits per heavy atom. The molecule has 0 aliphatic carbocycles. The zero-order valence-corrected chi connectivity index (χ0v) is 20.2. The Hall–Kier alpha value is -4.81. The minimum Gasteiger partial charge on any atom is -0.397 e. The fourth-order valence-electron chi connectivity index (χ4n) is 4.34. The molecule has 2 aromatic heterocycles. The first kappa shape index (κ1) is 23.9. The number of amides is 1. The van der Waals surface area contributed by atoms with Crippen LogP contribution in [0.25, 0.3) is 11.3 Å². The molecule has 4 aromatic rings. The molecule has 0 atom stereocenters. The van der Waals surface area contributed by atoms with Crippen LogP contribution in [0.2, 0.25) is 0 Å². The van der Waals surface area contributed by atoms with Gasteiger partial charge in [0.25, 0.3) is 5.91 Å². The average Bonchev–Trinajstić information content (AvgIpc) is 2.95. The normalized spacial score (nSPS) is 13.6. The molecule has 0 saturated carbocycles. The minimum absolute atomic E-state index is 0.257. The Kier molecular flexibility index (Phi) is 7.01. The lowest BCUT2D eigenvalue weighted by Gasteiger charge is -2.35. The van der Waals surface area contributed by atoms with E-state index >= 15 is 0 Å². The standard InChI is InChI=1S/C28H26N8O/c29-16-23-15-20(19-35-11-13-36(14-12-35)26-18-31-9-10-32-26)17-33-27(23)21-5-7-22(8-6-21)28(37)34-25-4-2-1-3-24(25)30/h1-10,15,17-18H,11-14,19,30H2,(H,34,37). The van der Waals surface area contributed by atoms with E-state index in [1.165, 1.54) is 0 Å². The van der Waals surface area contributed by atoms with E-state index in [1.807, 2.05) is 24.4 Å². The Morgan fingerprint density at radius 2 is 1.78 bits per heavy atom. The van der Waals surface area contributed by atoms with Crippen LogP contribution >= 0.6 is 0 Å². The maximum atomic E-state index is 12.6. The molecule has 0 spiro atoms. The summed E-state index contributed by atoms with van der Waals surface area (Å²) in [6, 6.07) is 18.3. The third-order valence-electron chi connectivity index (χ3n) is 6.35. The topological polar surface area (TPSA) is 124 Å². The fraction of sp³-hybridized carbons (Fsp3) is 0.179. The van der Waals surface area contributed by atoms with Crippen LogP contribution in [-0.4, -0.2) is 51.9 Å². The summed E-state index contributed by atoms with van der Waals surface area (Å²) < 4.78 is 0. The molecule has 0 unspecified atom stereocenters. The van der Waals surface area contributed by atoms with Crippen LogP contribution in [-0.2, 0) is 6.54 Å². The minimum atomic E-state index is -0.257. The second kappa shape index (κ2) is 10.8. The van der Waals surface area contributed by atoms with Crippen molar-refractivity contribution in [3.8, 4) is 17.3 Å². The van der Waals surface area contributed by atoms with Crippen LogP contribution in [0.5, 0.6) is 0 Å². The molecular weight excluding hydrogens is 464 g/mol. The highest BCUT2D eigenvalue weighted by Crippen LogP contribution is 2.24. The number of carbonyl (C=O) groups is 1. The van der Waals surface area contributed by atoms with Gasteiger partial charge in [-0.2, -0.15) is 5.26 Å². The van der Waals surface area contributed by atoms with Gasteiger partial charge in [-0.25, -0.2) is 4.98 Å². The van der Waals surface area contributed by atoms with Gasteiger partial charge in [0.15, 0.2) is 0 Å². The SMILES string of the molecule is N#Cc1cc(CN2CCN(c3cnccn3)CC2)cnc1-c1ccc(C(=O)Nc2ccccc2N)cc1. The van der Waals surface area contributed by atoms with Crippen molar-refractivity contribution in [3.63, 3.8) is 0 Å². The Bertz CT molecular complexity index is 1430. The van der Waals surface area contributed by atoms with E-state index in [0.29, 0.717) is 28.2 Å². The number of aromatic nitrogens is 3. The van der Waals surface area contributed by atoms with Gasteiger partial charge in [-0.15, -0.1) is 0 Å². The van der Waals surface area contributed by atoms with E-state index in [9.17, 15) is 10.1 Å². The van der Waals surface area contributed by atoms with Crippen molar-refractivity contribution in [2.24, 2.45) is 0 Å². The number of anilines is 3. The molecule has 184 valence electrons. The summed E-state index contributed by atoms with van der Waals surface area (Å²) in [6.07, 6.45) is 7.00. The maximum Gasteiger partial charge on any atom is 0.255 e. The number of piperazine rings is 1. The number of benzene rings is 2. The van der Waals surface area contributed by atoms with Gasteiger partial charge >= 0.3 is 0 Å². The first-order chi connectivity index (χ1) is 18.1. The molecule has 2 aromatic carbocycles. The zero-order chi connectivity index (χ0) is 25.6. The van der Waals surface area contributed by atoms with Gasteiger partial charge in [-0.1, -0.05) is 24.3 Å². The summed E-state index contributed by atoms with van der Waals surface area (Å²) in [6.45, 7) is 4.23. The Morgan fingerprint density at radius 3 is 2.49 bits per heavy atom. The molecule has 9 nitrogen and oxygen atoms in total. The van der Waals surface area contributed by atoms with Gasteiger partial charge in [0.1, 0.15) is 11.9 Å². The van der Waals surface area contributed by atoms with Crippen molar-refractivity contribution < 1.29 is 4.79 Å². The molecule has 37 heavy (non-hydrogen) atoms. The second-order valence-corrected chi connectivity index (χ2v) is 8.80. The van der Waals surface area contributed by atoms with E-state index in [2.05, 4.69) is 36.1 Å². The molecule has 1 amide bonds. The van der Waals surface area contributed by atoms with Crippen LogP contribution in [0.3, 0.4) is 0 Å². The van der Waals surface area contributed by atoms with Crippen LogP contribution in [0.1, 0.15) is 21.5 Å². The monoisotopic (exact) mass is 490 g/mol. The average molecular weight is 491 g/mol. The highest BCUT2D eigenvalue weighted by molar-refractivity contribution is 6.05. The molecule has 5 rings (SSSR count). The Labute approximate surface area is 215 Å². The number of carbonyl (C=O) groups excluding carboxylic acids is 1. The lowest BCUT2D eigenvalue weighted by atomic mass is 10.0. The number of rotatable bonds is 6. The quantitative estimate of drug-likeness (QED) is 0.393. The highest BCUT2D eigenvalue weighted by Gasteiger charge is 2.19. The number of hydrogen-bond acceptors (Lipinski definition) is 8. The van der Waals surface area contributed by atoms with Crippen molar-refractivity contribution in [1.82, 2.24) is 19.9 Å². The number of para-hydroxylation sites is 2. The van der Waals surface area contributed by atoms with E-state index in [4.69, 9.17) is 5.73 Å². The van der Waals surface area contributed by atoms with Crippen molar-refractivity contribution in [2.75, 3.05) is 42.1 Å². The van der Waals surface area contributed by atoms with Gasteiger partial charge < -0.3 is 16.0 Å². The smallest absolute Gasteiger partial charge is 0.255 e. The fourth-order valence-corrected chi connectivity index (χ4v) is 4.34. The van der Waals surface area contributed by atoms with Gasteiger partial charge in [0, 0.05) is 62.4 Å². The summed E-state index contributed by atoms with van der Waals surface area (Å²) in [7, 11) is 0. The molecule has 1 aliphatic rings. The molecular formula is C28H26N8O. The number of hydrogen-bond donors (Lipinski definition) is 2. The third kappa shape index (κ3) is 5.55. The molecule has 0 radical (unpaired) electrons. The van der Waals surface area contributed by atoms with Crippen molar-refractivity contribution in [2.45, 2.75) is 6.54 Å². The number of nitrogens with zero attached hydrogens (tertiary/aromatic N) is 6. The van der Waals surface area contributed by atoms with E-state index in [0.717, 1.165) is 49.7 Å². The van der Waals surface area contributed by atoms with Gasteiger partial charge in [-0.3, -0.25) is 19.7 Å². The van der Waals surface area contributed by atoms with Crippen LogP contribution in [0.15, 0.2) is 79.4 Å². The van der Waals surface area contributed by atoms with Crippen LogP contribution < -0.4 is 16.0 Å². The zero-order valence-electron chi connectivity index (χ0n) is 20.2. The van der Waals surface area contributed by atoms with Crippen LogP contribution in [0, 0.1) is 11.3 Å². The Balaban J connectivity index is 1.23. The van der Waals surface area contributed by atoms with Crippen LogP contribution in [0.4, 0.5) is 17.2 Å². The van der Waals surface area contributed by atoms with E-state index in [1.54, 1.807) is 55.0 Å². The van der Waals surface area contributed by atoms with Gasteiger partial charge in [0.05, 0.1) is 28.8 Å². The molecule has 9 heteroatoms. The van der Waals surface area contributed by atoms with Crippen molar-refractivity contribution >= 4 is 23.1 Å². The predicted molar refractivity (Wildman–Crippen MR) is 143 cm³/mol. The summed E-state index contributed by atoms with van der Waals surface area (Å²) >= 11 is 0. The number of nitrogens with two attached hydrogens (primary N) is 1. The molecule has 1 saturated heterocycles. The van der Waals surface area contributed by atoms with Gasteiger partial charge in [-0.05, 0) is 35.9 Å². The summed E-state index contributed by atoms with van der Waals surface area (Å²) in [5.41, 5.74) is 10.3. The number of nitrogens with one attached hydrogen (secondary N) is 1. The summed E-state index contributed by atoms with van der Waals surface area (Å²) in [4.78, 5) is 30.3. The number of pyridine rings is 1. The number of nitrogen functional groups attached to an aromatic ring is 1. The van der Waals surface area contributed by atoms with E-state index in [-0.39, 0.29) is 5.91 Å².